The molecular weight excluding hydrogens is 342 g/mol. The molecule has 0 aliphatic heterocycles. The van der Waals surface area contributed by atoms with Gasteiger partial charge < -0.3 is 10.4 Å². The molecule has 3 aromatic rings. The summed E-state index contributed by atoms with van der Waals surface area (Å²) < 4.78 is 1.79. The van der Waals surface area contributed by atoms with Crippen molar-refractivity contribution in [2.24, 2.45) is 0 Å². The molecular formula is C16H17N5O3S. The highest BCUT2D eigenvalue weighted by molar-refractivity contribution is 7.13. The molecule has 1 amide bonds. The van der Waals surface area contributed by atoms with Crippen LogP contribution in [0.2, 0.25) is 0 Å². The van der Waals surface area contributed by atoms with Crippen LogP contribution in [-0.2, 0) is 6.54 Å². The number of amides is 1. The number of nitrogens with zero attached hydrogens (tertiary/aromatic N) is 4. The smallest absolute Gasteiger partial charge is 0.347 e. The SMILES string of the molecule is Cc1nc(CNC(=O)c2cnc3c(cnn3C(C)C)c2)sc1C(=O)O. The van der Waals surface area contributed by atoms with Crippen LogP contribution in [-0.4, -0.2) is 36.7 Å². The molecule has 0 aliphatic rings. The summed E-state index contributed by atoms with van der Waals surface area (Å²) in [6.07, 6.45) is 3.19. The maximum absolute atomic E-state index is 12.3. The second-order valence-electron chi connectivity index (χ2n) is 5.83. The molecule has 8 nitrogen and oxygen atoms in total. The van der Waals surface area contributed by atoms with Crippen molar-refractivity contribution in [3.63, 3.8) is 0 Å². The van der Waals surface area contributed by atoms with Gasteiger partial charge in [0, 0.05) is 17.6 Å². The zero-order valence-corrected chi connectivity index (χ0v) is 14.8. The zero-order chi connectivity index (χ0) is 18.1. The molecule has 2 N–H and O–H groups in total. The molecule has 0 spiro atoms. The molecule has 3 rings (SSSR count). The van der Waals surface area contributed by atoms with E-state index >= 15 is 0 Å². The maximum Gasteiger partial charge on any atom is 0.347 e. The molecule has 0 unspecified atom stereocenters. The fourth-order valence-corrected chi connectivity index (χ4v) is 3.27. The first-order valence-corrected chi connectivity index (χ1v) is 8.49. The lowest BCUT2D eigenvalue weighted by Crippen LogP contribution is -2.22. The minimum absolute atomic E-state index is 0.168. The van der Waals surface area contributed by atoms with Gasteiger partial charge in [0.1, 0.15) is 9.88 Å². The van der Waals surface area contributed by atoms with Crippen molar-refractivity contribution in [3.05, 3.63) is 39.6 Å². The van der Waals surface area contributed by atoms with E-state index in [1.165, 1.54) is 6.20 Å². The van der Waals surface area contributed by atoms with Crippen LogP contribution in [0.1, 0.15) is 50.6 Å². The number of aromatic carboxylic acids is 1. The summed E-state index contributed by atoms with van der Waals surface area (Å²) in [7, 11) is 0. The minimum atomic E-state index is -1.01. The van der Waals surface area contributed by atoms with E-state index in [0.717, 1.165) is 22.4 Å². The third-order valence-corrected chi connectivity index (χ3v) is 4.77. The van der Waals surface area contributed by atoms with Gasteiger partial charge in [0.05, 0.1) is 24.0 Å². The first-order chi connectivity index (χ1) is 11.9. The first-order valence-electron chi connectivity index (χ1n) is 7.68. The standard InChI is InChI=1S/C16H17N5O3S/c1-8(2)21-14-10(6-19-21)4-11(5-17-14)15(22)18-7-12-20-9(3)13(25-12)16(23)24/h4-6,8H,7H2,1-3H3,(H,18,22)(H,23,24). The summed E-state index contributed by atoms with van der Waals surface area (Å²) in [6, 6.07) is 1.92. The van der Waals surface area contributed by atoms with Crippen LogP contribution >= 0.6 is 11.3 Å². The summed E-state index contributed by atoms with van der Waals surface area (Å²) >= 11 is 1.06. The number of thiazole rings is 1. The zero-order valence-electron chi connectivity index (χ0n) is 14.0. The first kappa shape index (κ1) is 17.0. The number of aromatic nitrogens is 4. The van der Waals surface area contributed by atoms with Gasteiger partial charge in [-0.2, -0.15) is 5.10 Å². The van der Waals surface area contributed by atoms with Crippen LogP contribution in [0.25, 0.3) is 11.0 Å². The lowest BCUT2D eigenvalue weighted by molar-refractivity contribution is 0.0701. The lowest BCUT2D eigenvalue weighted by Gasteiger charge is -2.06. The van der Waals surface area contributed by atoms with Gasteiger partial charge in [-0.15, -0.1) is 11.3 Å². The molecule has 0 radical (unpaired) electrons. The number of carbonyl (C=O) groups is 2. The van der Waals surface area contributed by atoms with E-state index in [4.69, 9.17) is 5.11 Å². The highest BCUT2D eigenvalue weighted by atomic mass is 32.1. The van der Waals surface area contributed by atoms with Crippen LogP contribution in [0.3, 0.4) is 0 Å². The molecule has 9 heteroatoms. The number of hydrogen-bond donors (Lipinski definition) is 2. The van der Waals surface area contributed by atoms with Crippen LogP contribution in [0, 0.1) is 6.92 Å². The number of carboxylic acids is 1. The Morgan fingerprint density at radius 3 is 2.76 bits per heavy atom. The second kappa shape index (κ2) is 6.60. The van der Waals surface area contributed by atoms with E-state index < -0.39 is 5.97 Å². The Balaban J connectivity index is 1.74. The van der Waals surface area contributed by atoms with E-state index in [1.807, 2.05) is 13.8 Å². The molecule has 0 saturated heterocycles. The Bertz CT molecular complexity index is 960. The topological polar surface area (TPSA) is 110 Å². The Kier molecular flexibility index (Phi) is 4.49. The Morgan fingerprint density at radius 1 is 1.36 bits per heavy atom. The Labute approximate surface area is 147 Å². The van der Waals surface area contributed by atoms with E-state index in [9.17, 15) is 9.59 Å². The number of nitrogens with one attached hydrogen (secondary N) is 1. The van der Waals surface area contributed by atoms with Crippen LogP contribution < -0.4 is 5.32 Å². The van der Waals surface area contributed by atoms with E-state index in [0.29, 0.717) is 16.3 Å². The summed E-state index contributed by atoms with van der Waals surface area (Å²) in [4.78, 5) is 32.0. The molecule has 130 valence electrons. The fraction of sp³-hybridized carbons (Fsp3) is 0.312. The highest BCUT2D eigenvalue weighted by Crippen LogP contribution is 2.19. The number of aryl methyl sites for hydroxylation is 1. The van der Waals surface area contributed by atoms with E-state index in [-0.39, 0.29) is 23.4 Å². The molecule has 25 heavy (non-hydrogen) atoms. The minimum Gasteiger partial charge on any atom is -0.477 e. The van der Waals surface area contributed by atoms with Crippen LogP contribution in [0.4, 0.5) is 0 Å². The van der Waals surface area contributed by atoms with Crippen molar-refractivity contribution in [2.45, 2.75) is 33.4 Å². The number of carboxylic acid groups (broad SMARTS) is 1. The fourth-order valence-electron chi connectivity index (χ4n) is 2.43. The molecule has 0 fully saturated rings. The van der Waals surface area contributed by atoms with E-state index in [1.54, 1.807) is 23.9 Å². The molecule has 0 atom stereocenters. The van der Waals surface area contributed by atoms with Gasteiger partial charge >= 0.3 is 5.97 Å². The largest absolute Gasteiger partial charge is 0.477 e. The van der Waals surface area contributed by atoms with Crippen molar-refractivity contribution < 1.29 is 14.7 Å². The lowest BCUT2D eigenvalue weighted by atomic mass is 10.2. The van der Waals surface area contributed by atoms with Gasteiger partial charge in [0.15, 0.2) is 5.65 Å². The van der Waals surface area contributed by atoms with Crippen LogP contribution in [0.15, 0.2) is 18.5 Å². The number of pyridine rings is 1. The number of fused-ring (bicyclic) bond motifs is 1. The quantitative estimate of drug-likeness (QED) is 0.724. The van der Waals surface area contributed by atoms with Crippen molar-refractivity contribution in [2.75, 3.05) is 0 Å². The summed E-state index contributed by atoms with van der Waals surface area (Å²) in [5.41, 5.74) is 1.60. The third-order valence-electron chi connectivity index (χ3n) is 3.62. The summed E-state index contributed by atoms with van der Waals surface area (Å²) in [6.45, 7) is 5.82. The molecule has 3 heterocycles. The highest BCUT2D eigenvalue weighted by Gasteiger charge is 2.15. The number of rotatable bonds is 5. The molecule has 3 aromatic heterocycles. The van der Waals surface area contributed by atoms with Crippen molar-refractivity contribution in [3.8, 4) is 0 Å². The molecule has 0 bridgehead atoms. The van der Waals surface area contributed by atoms with Gasteiger partial charge in [-0.3, -0.25) is 4.79 Å². The molecule has 0 aliphatic carbocycles. The maximum atomic E-state index is 12.3. The van der Waals surface area contributed by atoms with Crippen molar-refractivity contribution in [1.29, 1.82) is 0 Å². The van der Waals surface area contributed by atoms with Gasteiger partial charge in [-0.25, -0.2) is 19.4 Å². The Hall–Kier alpha value is -2.81. The predicted molar refractivity (Wildman–Crippen MR) is 92.9 cm³/mol. The summed E-state index contributed by atoms with van der Waals surface area (Å²) in [5.74, 6) is -1.30. The van der Waals surface area contributed by atoms with Crippen LogP contribution in [0.5, 0.6) is 0 Å². The Morgan fingerprint density at radius 2 is 2.12 bits per heavy atom. The van der Waals surface area contributed by atoms with Gasteiger partial charge in [-0.05, 0) is 26.8 Å². The predicted octanol–water partition coefficient (Wildman–Crippen LogP) is 2.41. The third kappa shape index (κ3) is 3.36. The summed E-state index contributed by atoms with van der Waals surface area (Å²) in [5, 5.41) is 17.4. The number of carbonyl (C=O) groups excluding carboxylic acids is 1. The average molecular weight is 359 g/mol. The molecule has 0 saturated carbocycles. The monoisotopic (exact) mass is 359 g/mol. The normalized spacial score (nSPS) is 11.2. The van der Waals surface area contributed by atoms with Gasteiger partial charge in [0.2, 0.25) is 0 Å². The van der Waals surface area contributed by atoms with Gasteiger partial charge in [0.25, 0.3) is 5.91 Å². The van der Waals surface area contributed by atoms with Gasteiger partial charge in [-0.1, -0.05) is 0 Å². The van der Waals surface area contributed by atoms with Crippen molar-refractivity contribution in [1.82, 2.24) is 25.1 Å². The average Bonchev–Trinajstić information content (AvgIpc) is 3.15. The van der Waals surface area contributed by atoms with E-state index in [2.05, 4.69) is 20.4 Å². The number of hydrogen-bond acceptors (Lipinski definition) is 6. The second-order valence-corrected chi connectivity index (χ2v) is 6.91. The van der Waals surface area contributed by atoms with Crippen molar-refractivity contribution >= 4 is 34.2 Å². The molecule has 0 aromatic carbocycles.